The maximum atomic E-state index is 12.2. The summed E-state index contributed by atoms with van der Waals surface area (Å²) in [6.45, 7) is 32.0. The fourth-order valence-electron chi connectivity index (χ4n) is 26.9. The molecule has 0 aliphatic heterocycles. The summed E-state index contributed by atoms with van der Waals surface area (Å²) in [6.07, 6.45) is 51.8. The van der Waals surface area contributed by atoms with Gasteiger partial charge in [-0.2, -0.15) is 75.8 Å². The third-order valence-corrected chi connectivity index (χ3v) is 37.3. The zero-order valence-corrected chi connectivity index (χ0v) is 99.9. The number of ether oxygens (including phenoxy) is 9. The Bertz CT molecular complexity index is 4380. The van der Waals surface area contributed by atoms with E-state index in [1.54, 1.807) is 55.6 Å². The molecule has 5 unspecified atom stereocenters. The predicted molar refractivity (Wildman–Crippen MR) is 624 cm³/mol. The first-order chi connectivity index (χ1) is 70.3. The Morgan fingerprint density at radius 3 is 1.01 bits per heavy atom. The standard InChI is InChI=1S/C18H30O2S.C17H30O2S.C16H16O3S.C15H14O2S.C15H28O2S.2C14H26O2S.C13H22O2S/c1-3-18(4-2,20-16(19)5-6-21)17-10-13-7-14(11-17)9-15(8-13)12-17;1-17(19-16(18)12-13-20,14-8-4-2-5-9-14)15-10-6-3-7-11-15;1-11(12-3-7-14(18-2)8-4-12)19-16(17)13-5-9-15(20)10-6-13;1-11(12-5-3-2-4-6-12)17-15(16)13-7-9-14(18)10-8-13;1-4-15(5-2,17-14(16)10-11-18)13-8-6-12(3)7-9-13;1-4-14(5-2,16-13(15)10-17)12-8-6-11(3)7-9-12;1-3-14(4-2,16-13(15)10-11-17)12-8-6-5-7-9-12;1-13(2,15-12(14)5-6-16)11-8-9-3-4-10(11)7-9/h13-15,21H,3-12H2,1-2H3;14-15,20H,2-13H2,1H3;3-11,20H,1-2H3;2-11,18H,1H3;12-13,18H,4-11H2,1-3H3;11-12,17H,4-10H2,1-3H3;12,17H,3-11H2,1-2H3;9-11,16H,3-8H2,1-2H3. The zero-order chi connectivity index (χ0) is 108. The Hall–Kier alpha value is -4.76. The lowest BCUT2D eigenvalue weighted by molar-refractivity contribution is -0.211. The van der Waals surface area contributed by atoms with E-state index in [1.165, 1.54) is 212 Å². The Kier molecular flexibility index (Phi) is 57.9. The Morgan fingerprint density at radius 1 is 0.347 bits per heavy atom. The van der Waals surface area contributed by atoms with E-state index in [0.29, 0.717) is 108 Å². The van der Waals surface area contributed by atoms with Gasteiger partial charge in [0.05, 0.1) is 56.1 Å². The summed E-state index contributed by atoms with van der Waals surface area (Å²) in [5.74, 6) is 12.1. The van der Waals surface area contributed by atoms with Crippen molar-refractivity contribution in [2.45, 2.75) is 455 Å². The van der Waals surface area contributed by atoms with Crippen LogP contribution in [0.15, 0.2) is 113 Å². The van der Waals surface area contributed by atoms with Crippen LogP contribution in [0.5, 0.6) is 5.75 Å². The van der Waals surface area contributed by atoms with Gasteiger partial charge in [0.15, 0.2) is 0 Å². The highest BCUT2D eigenvalue weighted by Gasteiger charge is 2.61. The summed E-state index contributed by atoms with van der Waals surface area (Å²) in [6, 6.07) is 31.0. The first-order valence-electron chi connectivity index (χ1n) is 57.0. The van der Waals surface area contributed by atoms with Crippen LogP contribution in [0.2, 0.25) is 0 Å². The lowest BCUT2D eigenvalue weighted by atomic mass is 9.44. The van der Waals surface area contributed by atoms with Crippen LogP contribution >= 0.6 is 101 Å². The largest absolute Gasteiger partial charge is 0.497 e. The molecule has 0 aromatic heterocycles. The second-order valence-corrected chi connectivity index (χ2v) is 48.5. The van der Waals surface area contributed by atoms with Crippen LogP contribution in [0.3, 0.4) is 0 Å². The van der Waals surface area contributed by atoms with Gasteiger partial charge in [-0.05, 0) is 351 Å². The van der Waals surface area contributed by atoms with E-state index in [9.17, 15) is 38.4 Å². The fraction of sp³-hybridized carbons (Fsp3) is 0.738. The third-order valence-electron chi connectivity index (χ3n) is 35.4. The molecule has 5 atom stereocenters. The summed E-state index contributed by atoms with van der Waals surface area (Å²) < 4.78 is 51.2. The minimum Gasteiger partial charge on any atom is -0.497 e. The number of fused-ring (bicyclic) bond motifs is 2. The molecule has 25 heteroatoms. The number of benzene rings is 4. The molecular weight excluding hydrogens is 1990 g/mol. The molecule has 17 nitrogen and oxygen atoms in total. The van der Waals surface area contributed by atoms with Crippen molar-refractivity contribution in [1.29, 1.82) is 0 Å². The lowest BCUT2D eigenvalue weighted by Gasteiger charge is -2.63. The van der Waals surface area contributed by atoms with Gasteiger partial charge in [0.2, 0.25) is 0 Å². The van der Waals surface area contributed by atoms with Gasteiger partial charge in [-0.15, -0.1) is 25.3 Å². The first kappa shape index (κ1) is 129. The molecule has 11 saturated carbocycles. The van der Waals surface area contributed by atoms with Crippen LogP contribution in [-0.4, -0.2) is 123 Å². The number of rotatable bonds is 39. The number of carbonyl (C=O) groups excluding carboxylic acids is 8. The molecule has 11 aliphatic rings. The van der Waals surface area contributed by atoms with Crippen LogP contribution in [0, 0.1) is 82.3 Å². The molecule has 11 fully saturated rings. The molecule has 11 aliphatic carbocycles. The highest BCUT2D eigenvalue weighted by atomic mass is 32.1. The van der Waals surface area contributed by atoms with Gasteiger partial charge < -0.3 is 42.6 Å². The van der Waals surface area contributed by atoms with Gasteiger partial charge in [-0.3, -0.25) is 28.8 Å². The van der Waals surface area contributed by atoms with Crippen molar-refractivity contribution in [1.82, 2.24) is 0 Å². The van der Waals surface area contributed by atoms with Gasteiger partial charge in [0, 0.05) is 49.9 Å². The Labute approximate surface area is 932 Å². The van der Waals surface area contributed by atoms with Crippen molar-refractivity contribution in [3.63, 3.8) is 0 Å². The number of hydrogen-bond acceptors (Lipinski definition) is 25. The average molecular weight is 2190 g/mol. The molecule has 4 aromatic carbocycles. The monoisotopic (exact) mass is 2190 g/mol. The lowest BCUT2D eigenvalue weighted by Crippen LogP contribution is -2.59. The predicted octanol–water partition coefficient (Wildman–Crippen LogP) is 32.3. The highest BCUT2D eigenvalue weighted by molar-refractivity contribution is 7.81. The normalized spacial score (nSPS) is 23.2. The molecule has 6 bridgehead atoms. The van der Waals surface area contributed by atoms with Crippen molar-refractivity contribution in [2.75, 3.05) is 41.6 Å². The third kappa shape index (κ3) is 39.5. The number of thiol groups is 8. The first-order valence-corrected chi connectivity index (χ1v) is 61.7. The van der Waals surface area contributed by atoms with Crippen LogP contribution in [0.4, 0.5) is 0 Å². The number of methoxy groups -OCH3 is 1. The summed E-state index contributed by atoms with van der Waals surface area (Å²) in [7, 11) is 1.61. The van der Waals surface area contributed by atoms with Crippen molar-refractivity contribution in [3.05, 3.63) is 125 Å². The van der Waals surface area contributed by atoms with Crippen molar-refractivity contribution in [3.8, 4) is 5.75 Å². The van der Waals surface area contributed by atoms with Gasteiger partial charge in [-0.1, -0.05) is 202 Å². The zero-order valence-electron chi connectivity index (χ0n) is 92.8. The fourth-order valence-corrected chi connectivity index (χ4v) is 28.2. The van der Waals surface area contributed by atoms with Crippen molar-refractivity contribution in [2.24, 2.45) is 82.3 Å². The molecule has 0 heterocycles. The van der Waals surface area contributed by atoms with Crippen molar-refractivity contribution >= 4 is 149 Å². The maximum Gasteiger partial charge on any atom is 0.338 e. The van der Waals surface area contributed by atoms with E-state index in [2.05, 4.69) is 191 Å². The number of hydrogen-bond donors (Lipinski definition) is 8. The molecule has 15 rings (SSSR count). The minimum atomic E-state index is -0.346. The molecule has 0 radical (unpaired) electrons. The van der Waals surface area contributed by atoms with Crippen molar-refractivity contribution < 1.29 is 81.0 Å². The molecule has 0 saturated heterocycles. The number of carbonyl (C=O) groups is 8. The van der Waals surface area contributed by atoms with E-state index >= 15 is 0 Å². The van der Waals surface area contributed by atoms with E-state index in [0.717, 1.165) is 119 Å². The smallest absolute Gasteiger partial charge is 0.338 e. The Morgan fingerprint density at radius 2 is 0.680 bits per heavy atom. The van der Waals surface area contributed by atoms with Crippen LogP contribution in [-0.2, 0) is 66.7 Å². The molecule has 0 amide bonds. The van der Waals surface area contributed by atoms with E-state index in [1.807, 2.05) is 68.4 Å². The van der Waals surface area contributed by atoms with E-state index < -0.39 is 0 Å². The van der Waals surface area contributed by atoms with Crippen LogP contribution < -0.4 is 4.74 Å². The second-order valence-electron chi connectivity index (χ2n) is 44.9. The van der Waals surface area contributed by atoms with Crippen LogP contribution in [0.1, 0.15) is 443 Å². The van der Waals surface area contributed by atoms with E-state index in [4.69, 9.17) is 42.6 Å². The van der Waals surface area contributed by atoms with Gasteiger partial charge in [0.1, 0.15) is 51.6 Å². The molecule has 830 valence electrons. The SMILES string of the molecule is CC(C)(OC(=O)CCS)C1CC2CCC1C2.CC(OC(=O)CCS)(C1CCCCC1)C1CCCCC1.CC(OC(=O)c1ccc(S)cc1)c1ccccc1.CCC(CC)(OC(=O)CCS)C12CC3CC(CC(C3)C1)C2.CCC(CC)(OC(=O)CCS)C1CCC(C)CC1.CCC(CC)(OC(=O)CCS)C1CCCCC1.CCC(CC)(OC(=O)CS)C1CCC(C)CC1.COc1ccc(C(C)OC(=O)c2ccc(S)cc2)cc1. The topological polar surface area (TPSA) is 220 Å². The van der Waals surface area contributed by atoms with Gasteiger partial charge in [-0.25, -0.2) is 9.59 Å². The average Bonchev–Trinajstić information content (AvgIpc) is 1.70. The van der Waals surface area contributed by atoms with Crippen LogP contribution in [0.25, 0.3) is 0 Å². The summed E-state index contributed by atoms with van der Waals surface area (Å²) in [4.78, 5) is 96.5. The summed E-state index contributed by atoms with van der Waals surface area (Å²) in [5, 5.41) is 0. The summed E-state index contributed by atoms with van der Waals surface area (Å²) >= 11 is 33.0. The second kappa shape index (κ2) is 65.9. The quantitative estimate of drug-likeness (QED) is 0.0118. The molecule has 0 spiro atoms. The van der Waals surface area contributed by atoms with E-state index in [-0.39, 0.29) is 105 Å². The highest BCUT2D eigenvalue weighted by Crippen LogP contribution is 2.66. The van der Waals surface area contributed by atoms with Gasteiger partial charge in [0.25, 0.3) is 0 Å². The maximum absolute atomic E-state index is 12.2. The van der Waals surface area contributed by atoms with Gasteiger partial charge >= 0.3 is 47.8 Å². The Balaban J connectivity index is 0.000000228. The molecule has 4 aromatic rings. The number of esters is 8. The molecular formula is C122H192O17S8. The minimum absolute atomic E-state index is 0.0376. The molecule has 147 heavy (non-hydrogen) atoms. The summed E-state index contributed by atoms with van der Waals surface area (Å²) in [5.41, 5.74) is 1.85. The molecule has 0 N–H and O–H groups in total.